The molecule has 0 unspecified atom stereocenters. The molecule has 0 fully saturated rings. The number of hydrogen-bond acceptors (Lipinski definition) is 6. The number of nitrogen functional groups attached to an aromatic ring is 1. The number of nitrogens with one attached hydrogen (secondary N) is 3. The van der Waals surface area contributed by atoms with Crippen molar-refractivity contribution < 1.29 is 4.42 Å². The fourth-order valence-electron chi connectivity index (χ4n) is 1.66. The van der Waals surface area contributed by atoms with Crippen LogP contribution in [0.3, 0.4) is 0 Å². The van der Waals surface area contributed by atoms with E-state index in [2.05, 4.69) is 25.5 Å². The molecule has 0 radical (unpaired) electrons. The Kier molecular flexibility index (Phi) is 2.26. The summed E-state index contributed by atoms with van der Waals surface area (Å²) in [6, 6.07) is 3.31. The summed E-state index contributed by atoms with van der Waals surface area (Å²) in [5, 5.41) is 9.56. The fourth-order valence-corrected chi connectivity index (χ4v) is 1.66. The molecule has 0 amide bonds. The van der Waals surface area contributed by atoms with E-state index >= 15 is 0 Å². The predicted molar refractivity (Wildman–Crippen MR) is 65.0 cm³/mol. The first-order chi connectivity index (χ1) is 8.72. The quantitative estimate of drug-likeness (QED) is 0.496. The van der Waals surface area contributed by atoms with E-state index in [4.69, 9.17) is 10.2 Å². The van der Waals surface area contributed by atoms with Crippen LogP contribution in [0.1, 0.15) is 5.82 Å². The first-order valence-electron chi connectivity index (χ1n) is 5.23. The molecule has 0 bridgehead atoms. The third-order valence-electron chi connectivity index (χ3n) is 2.50. The third kappa shape index (κ3) is 1.79. The molecule has 0 spiro atoms. The predicted octanol–water partition coefficient (Wildman–Crippen LogP) is 0.433. The summed E-state index contributed by atoms with van der Waals surface area (Å²) in [4.78, 5) is 17.6. The van der Waals surface area contributed by atoms with Crippen LogP contribution in [0.2, 0.25) is 0 Å². The molecular formula is C10H10N6O2. The number of anilines is 2. The zero-order valence-electron chi connectivity index (χ0n) is 9.23. The summed E-state index contributed by atoms with van der Waals surface area (Å²) < 4.78 is 4.91. The summed E-state index contributed by atoms with van der Waals surface area (Å²) >= 11 is 0. The van der Waals surface area contributed by atoms with E-state index in [0.717, 1.165) is 0 Å². The maximum absolute atomic E-state index is 11.0. The van der Waals surface area contributed by atoms with Gasteiger partial charge in [0.2, 0.25) is 0 Å². The van der Waals surface area contributed by atoms with Crippen molar-refractivity contribution >= 4 is 22.5 Å². The molecule has 8 heteroatoms. The minimum atomic E-state index is -0.503. The van der Waals surface area contributed by atoms with Crippen LogP contribution in [0, 0.1) is 0 Å². The smallest absolute Gasteiger partial charge is 0.408 e. The highest BCUT2D eigenvalue weighted by atomic mass is 16.4. The normalized spacial score (nSPS) is 10.9. The van der Waals surface area contributed by atoms with Crippen molar-refractivity contribution in [2.24, 2.45) is 0 Å². The number of nitrogens with zero attached hydrogens (tertiary/aromatic N) is 2. The lowest BCUT2D eigenvalue weighted by Gasteiger charge is -2.07. The number of aromatic amines is 2. The highest BCUT2D eigenvalue weighted by molar-refractivity contribution is 5.85. The lowest BCUT2D eigenvalue weighted by atomic mass is 10.2. The second kappa shape index (κ2) is 3.91. The zero-order valence-corrected chi connectivity index (χ0v) is 9.23. The van der Waals surface area contributed by atoms with E-state index in [1.165, 1.54) is 6.33 Å². The lowest BCUT2D eigenvalue weighted by Crippen LogP contribution is -2.04. The van der Waals surface area contributed by atoms with Gasteiger partial charge in [-0.15, -0.1) is 0 Å². The zero-order chi connectivity index (χ0) is 12.5. The van der Waals surface area contributed by atoms with Crippen molar-refractivity contribution in [2.45, 2.75) is 6.54 Å². The molecule has 0 atom stereocenters. The Morgan fingerprint density at radius 3 is 3.11 bits per heavy atom. The van der Waals surface area contributed by atoms with Gasteiger partial charge >= 0.3 is 5.76 Å². The van der Waals surface area contributed by atoms with Crippen molar-refractivity contribution in [3.8, 4) is 0 Å². The van der Waals surface area contributed by atoms with Gasteiger partial charge in [-0.25, -0.2) is 9.78 Å². The molecule has 2 heterocycles. The first-order valence-corrected chi connectivity index (χ1v) is 5.23. The van der Waals surface area contributed by atoms with Gasteiger partial charge in [0.25, 0.3) is 0 Å². The minimum Gasteiger partial charge on any atom is -0.408 e. The number of H-pyrrole nitrogens is 2. The lowest BCUT2D eigenvalue weighted by molar-refractivity contribution is 0.555. The molecule has 0 saturated heterocycles. The molecule has 3 aromatic rings. The van der Waals surface area contributed by atoms with Gasteiger partial charge in [-0.3, -0.25) is 10.1 Å². The largest absolute Gasteiger partial charge is 0.417 e. The van der Waals surface area contributed by atoms with Crippen LogP contribution in [0.25, 0.3) is 11.1 Å². The molecule has 1 aromatic carbocycles. The standard InChI is InChI=1S/C10H10N6O2/c11-5-1-8-7(15-10(17)18-8)2-6(5)12-3-9-13-4-14-16-9/h1-2,4,12H,3,11H2,(H,15,17)(H,13,14,16). The Bertz CT molecular complexity index is 726. The Morgan fingerprint density at radius 2 is 2.33 bits per heavy atom. The van der Waals surface area contributed by atoms with Gasteiger partial charge in [0.1, 0.15) is 12.2 Å². The number of oxazole rings is 1. The van der Waals surface area contributed by atoms with Crippen LogP contribution in [0.5, 0.6) is 0 Å². The van der Waals surface area contributed by atoms with E-state index in [0.29, 0.717) is 34.8 Å². The molecule has 5 N–H and O–H groups in total. The monoisotopic (exact) mass is 246 g/mol. The molecule has 2 aromatic heterocycles. The molecule has 18 heavy (non-hydrogen) atoms. The summed E-state index contributed by atoms with van der Waals surface area (Å²) in [6.45, 7) is 0.456. The summed E-state index contributed by atoms with van der Waals surface area (Å²) in [7, 11) is 0. The van der Waals surface area contributed by atoms with Crippen molar-refractivity contribution in [1.82, 2.24) is 20.2 Å². The Morgan fingerprint density at radius 1 is 1.44 bits per heavy atom. The van der Waals surface area contributed by atoms with E-state index in [1.54, 1.807) is 12.1 Å². The van der Waals surface area contributed by atoms with Crippen LogP contribution < -0.4 is 16.8 Å². The van der Waals surface area contributed by atoms with Crippen molar-refractivity contribution in [1.29, 1.82) is 0 Å². The third-order valence-corrected chi connectivity index (χ3v) is 2.50. The first kappa shape index (κ1) is 10.4. The highest BCUT2D eigenvalue weighted by Gasteiger charge is 2.07. The van der Waals surface area contributed by atoms with Gasteiger partial charge in [0, 0.05) is 6.07 Å². The second-order valence-corrected chi connectivity index (χ2v) is 3.74. The van der Waals surface area contributed by atoms with E-state index in [9.17, 15) is 4.79 Å². The van der Waals surface area contributed by atoms with Crippen molar-refractivity contribution in [2.75, 3.05) is 11.1 Å². The molecule has 92 valence electrons. The average Bonchev–Trinajstić information content (AvgIpc) is 2.94. The number of nitrogens with two attached hydrogens (primary N) is 1. The van der Waals surface area contributed by atoms with Crippen LogP contribution >= 0.6 is 0 Å². The maximum atomic E-state index is 11.0. The molecule has 0 aliphatic carbocycles. The molecular weight excluding hydrogens is 236 g/mol. The van der Waals surface area contributed by atoms with E-state index in [-0.39, 0.29) is 0 Å². The van der Waals surface area contributed by atoms with E-state index in [1.807, 2.05) is 0 Å². The summed E-state index contributed by atoms with van der Waals surface area (Å²) in [5.41, 5.74) is 8.06. The van der Waals surface area contributed by atoms with Gasteiger partial charge in [0.15, 0.2) is 5.58 Å². The van der Waals surface area contributed by atoms with Crippen LogP contribution in [-0.2, 0) is 6.54 Å². The number of benzene rings is 1. The van der Waals surface area contributed by atoms with Gasteiger partial charge in [-0.1, -0.05) is 0 Å². The molecule has 0 aliphatic heterocycles. The Hall–Kier alpha value is -2.77. The molecule has 0 aliphatic rings. The maximum Gasteiger partial charge on any atom is 0.417 e. The van der Waals surface area contributed by atoms with Crippen LogP contribution in [-0.4, -0.2) is 20.2 Å². The average molecular weight is 246 g/mol. The highest BCUT2D eigenvalue weighted by Crippen LogP contribution is 2.24. The minimum absolute atomic E-state index is 0.433. The van der Waals surface area contributed by atoms with Crippen LogP contribution in [0.4, 0.5) is 11.4 Å². The Balaban J connectivity index is 1.91. The van der Waals surface area contributed by atoms with Crippen LogP contribution in [0.15, 0.2) is 27.7 Å². The number of aromatic nitrogens is 4. The number of hydrogen-bond donors (Lipinski definition) is 4. The Labute approximate surface area is 100 Å². The number of fused-ring (bicyclic) bond motifs is 1. The van der Waals surface area contributed by atoms with Gasteiger partial charge in [0.05, 0.1) is 23.4 Å². The summed E-state index contributed by atoms with van der Waals surface area (Å²) in [6.07, 6.45) is 1.43. The fraction of sp³-hybridized carbons (Fsp3) is 0.100. The number of rotatable bonds is 3. The van der Waals surface area contributed by atoms with Gasteiger partial charge in [-0.05, 0) is 6.07 Å². The molecule has 8 nitrogen and oxygen atoms in total. The topological polar surface area (TPSA) is 126 Å². The van der Waals surface area contributed by atoms with Gasteiger partial charge in [-0.2, -0.15) is 5.10 Å². The van der Waals surface area contributed by atoms with Gasteiger partial charge < -0.3 is 15.5 Å². The molecule has 3 rings (SSSR count). The summed E-state index contributed by atoms with van der Waals surface area (Å²) in [5.74, 6) is 0.187. The molecule has 0 saturated carbocycles. The van der Waals surface area contributed by atoms with E-state index < -0.39 is 5.76 Å². The second-order valence-electron chi connectivity index (χ2n) is 3.74. The van der Waals surface area contributed by atoms with Crippen molar-refractivity contribution in [3.63, 3.8) is 0 Å². The SMILES string of the molecule is Nc1cc2oc(=O)[nH]c2cc1NCc1ncn[nH]1. The van der Waals surface area contributed by atoms with Crippen molar-refractivity contribution in [3.05, 3.63) is 34.8 Å².